The Kier molecular flexibility index (Phi) is 9.44. The van der Waals surface area contributed by atoms with Gasteiger partial charge in [-0.05, 0) is 75.0 Å². The zero-order valence-corrected chi connectivity index (χ0v) is 19.3. The number of carbonyl (C=O) groups is 1. The van der Waals surface area contributed by atoms with E-state index in [-0.39, 0.29) is 12.2 Å². The molecule has 24 heavy (non-hydrogen) atoms. The van der Waals surface area contributed by atoms with Gasteiger partial charge in [0, 0.05) is 8.86 Å². The van der Waals surface area contributed by atoms with Gasteiger partial charge in [0.15, 0.2) is 0 Å². The van der Waals surface area contributed by atoms with Gasteiger partial charge in [0.05, 0.1) is 0 Å². The summed E-state index contributed by atoms with van der Waals surface area (Å²) >= 11 is 4.95. The molecule has 2 rings (SSSR count). The Morgan fingerprint density at radius 1 is 0.792 bits per heavy atom. The van der Waals surface area contributed by atoms with Crippen LogP contribution in [0.4, 0.5) is 4.79 Å². The van der Waals surface area contributed by atoms with Crippen molar-refractivity contribution in [2.45, 2.75) is 77.4 Å². The second-order valence-electron chi connectivity index (χ2n) is 7.82. The molecule has 3 nitrogen and oxygen atoms in total. The molecule has 0 heterocycles. The molecule has 2 atom stereocenters. The maximum atomic E-state index is 12.1. The Bertz CT molecular complexity index is 341. The van der Waals surface area contributed by atoms with Gasteiger partial charge in [-0.15, -0.1) is 0 Å². The number of hydrogen-bond acceptors (Lipinski definition) is 3. The van der Waals surface area contributed by atoms with E-state index in [9.17, 15) is 4.79 Å². The van der Waals surface area contributed by atoms with Crippen molar-refractivity contribution in [3.8, 4) is 0 Å². The topological polar surface area (TPSA) is 35.5 Å². The molecule has 0 aromatic rings. The van der Waals surface area contributed by atoms with Gasteiger partial charge in [0.25, 0.3) is 0 Å². The molecule has 0 saturated heterocycles. The standard InChI is InChI=1S/C19H32I2O3/c1-13(11-20)15-3-7-17(8-4-15)23-19(22)24-18-9-5-16(6-10-18)14(2)12-21/h13-18H,3-12H2,1-2H3. The third-order valence-electron chi connectivity index (χ3n) is 6.06. The van der Waals surface area contributed by atoms with Crippen LogP contribution in [0.25, 0.3) is 0 Å². The van der Waals surface area contributed by atoms with Crippen LogP contribution in [0, 0.1) is 23.7 Å². The first-order valence-corrected chi connectivity index (χ1v) is 12.6. The van der Waals surface area contributed by atoms with Crippen molar-refractivity contribution in [2.75, 3.05) is 8.86 Å². The second kappa shape index (κ2) is 10.8. The third-order valence-corrected chi connectivity index (χ3v) is 8.84. The summed E-state index contributed by atoms with van der Waals surface area (Å²) < 4.78 is 13.6. The predicted molar refractivity (Wildman–Crippen MR) is 115 cm³/mol. The Balaban J connectivity index is 1.64. The maximum absolute atomic E-state index is 12.1. The first kappa shape index (κ1) is 21.0. The SMILES string of the molecule is CC(CI)C1CCC(OC(=O)OC2CCC(C(C)CI)CC2)CC1. The van der Waals surface area contributed by atoms with Crippen LogP contribution in [0.5, 0.6) is 0 Å². The van der Waals surface area contributed by atoms with Crippen molar-refractivity contribution in [3.05, 3.63) is 0 Å². The normalized spacial score (nSPS) is 33.5. The molecule has 0 bridgehead atoms. The molecule has 0 spiro atoms. The predicted octanol–water partition coefficient (Wildman–Crippen LogP) is 6.40. The lowest BCUT2D eigenvalue weighted by Crippen LogP contribution is -2.31. The quantitative estimate of drug-likeness (QED) is 0.214. The molecule has 2 fully saturated rings. The largest absolute Gasteiger partial charge is 0.508 e. The average molecular weight is 562 g/mol. The zero-order chi connectivity index (χ0) is 17.5. The lowest BCUT2D eigenvalue weighted by Gasteiger charge is -2.33. The minimum Gasteiger partial charge on any atom is -0.431 e. The molecular weight excluding hydrogens is 530 g/mol. The van der Waals surface area contributed by atoms with E-state index in [1.54, 1.807) is 0 Å². The fourth-order valence-electron chi connectivity index (χ4n) is 4.10. The minimum absolute atomic E-state index is 0.0746. The first-order valence-electron chi connectivity index (χ1n) is 9.52. The molecule has 0 radical (unpaired) electrons. The number of halogens is 2. The van der Waals surface area contributed by atoms with E-state index in [0.717, 1.165) is 49.4 Å². The van der Waals surface area contributed by atoms with Gasteiger partial charge < -0.3 is 9.47 Å². The highest BCUT2D eigenvalue weighted by atomic mass is 127. The van der Waals surface area contributed by atoms with Crippen molar-refractivity contribution in [1.82, 2.24) is 0 Å². The molecule has 2 aliphatic rings. The Hall–Kier alpha value is 0.730. The van der Waals surface area contributed by atoms with Crippen molar-refractivity contribution < 1.29 is 14.3 Å². The average Bonchev–Trinajstić information content (AvgIpc) is 2.61. The van der Waals surface area contributed by atoms with Crippen molar-refractivity contribution in [3.63, 3.8) is 0 Å². The minimum atomic E-state index is -0.425. The van der Waals surface area contributed by atoms with Crippen molar-refractivity contribution in [1.29, 1.82) is 0 Å². The van der Waals surface area contributed by atoms with Crippen LogP contribution in [0.15, 0.2) is 0 Å². The fourth-order valence-corrected chi connectivity index (χ4v) is 5.54. The summed E-state index contributed by atoms with van der Waals surface area (Å²) in [5, 5.41) is 0. The van der Waals surface area contributed by atoms with Crippen LogP contribution in [0.1, 0.15) is 65.2 Å². The number of rotatable bonds is 6. The van der Waals surface area contributed by atoms with E-state index >= 15 is 0 Å². The van der Waals surface area contributed by atoms with Crippen molar-refractivity contribution in [2.24, 2.45) is 23.7 Å². The number of ether oxygens (including phenoxy) is 2. The molecule has 5 heteroatoms. The van der Waals surface area contributed by atoms with E-state index in [0.29, 0.717) is 0 Å². The van der Waals surface area contributed by atoms with E-state index in [4.69, 9.17) is 9.47 Å². The molecule has 0 N–H and O–H groups in total. The molecule has 0 aromatic carbocycles. The summed E-state index contributed by atoms with van der Waals surface area (Å²) in [5.74, 6) is 3.15. The summed E-state index contributed by atoms with van der Waals surface area (Å²) in [6, 6.07) is 0. The van der Waals surface area contributed by atoms with E-state index < -0.39 is 6.16 Å². The van der Waals surface area contributed by atoms with E-state index in [2.05, 4.69) is 59.0 Å². The molecule has 0 aliphatic heterocycles. The van der Waals surface area contributed by atoms with Gasteiger partial charge in [-0.3, -0.25) is 0 Å². The Morgan fingerprint density at radius 3 is 1.42 bits per heavy atom. The molecule has 0 amide bonds. The van der Waals surface area contributed by atoms with Gasteiger partial charge in [-0.25, -0.2) is 4.79 Å². The first-order chi connectivity index (χ1) is 11.5. The van der Waals surface area contributed by atoms with Crippen LogP contribution in [0.3, 0.4) is 0 Å². The highest BCUT2D eigenvalue weighted by Gasteiger charge is 2.30. The molecule has 0 aromatic heterocycles. The zero-order valence-electron chi connectivity index (χ0n) is 15.0. The summed E-state index contributed by atoms with van der Waals surface area (Å²) in [6.07, 6.45) is 8.45. The lowest BCUT2D eigenvalue weighted by molar-refractivity contribution is -0.0285. The van der Waals surface area contributed by atoms with E-state index in [1.165, 1.54) is 34.5 Å². The van der Waals surface area contributed by atoms with Crippen molar-refractivity contribution >= 4 is 51.3 Å². The maximum Gasteiger partial charge on any atom is 0.508 e. The van der Waals surface area contributed by atoms with Gasteiger partial charge >= 0.3 is 6.16 Å². The molecule has 2 saturated carbocycles. The fraction of sp³-hybridized carbons (Fsp3) is 0.947. The van der Waals surface area contributed by atoms with Crippen LogP contribution in [0.2, 0.25) is 0 Å². The number of carbonyl (C=O) groups excluding carboxylic acids is 1. The number of alkyl halides is 2. The number of hydrogen-bond donors (Lipinski definition) is 0. The molecular formula is C19H32I2O3. The molecule has 140 valence electrons. The summed E-state index contributed by atoms with van der Waals surface area (Å²) in [7, 11) is 0. The highest BCUT2D eigenvalue weighted by Crippen LogP contribution is 2.34. The highest BCUT2D eigenvalue weighted by molar-refractivity contribution is 14.1. The lowest BCUT2D eigenvalue weighted by atomic mass is 9.80. The van der Waals surface area contributed by atoms with Gasteiger partial charge in [-0.1, -0.05) is 59.0 Å². The van der Waals surface area contributed by atoms with Gasteiger partial charge in [0.1, 0.15) is 12.2 Å². The Morgan fingerprint density at radius 2 is 1.12 bits per heavy atom. The van der Waals surface area contributed by atoms with Gasteiger partial charge in [-0.2, -0.15) is 0 Å². The Labute approximate surface area is 174 Å². The van der Waals surface area contributed by atoms with Crippen LogP contribution in [-0.4, -0.2) is 27.2 Å². The monoisotopic (exact) mass is 562 g/mol. The molecule has 2 unspecified atom stereocenters. The van der Waals surface area contributed by atoms with Crippen LogP contribution in [-0.2, 0) is 9.47 Å². The second-order valence-corrected chi connectivity index (χ2v) is 9.58. The summed E-state index contributed by atoms with van der Waals surface area (Å²) in [5.41, 5.74) is 0. The van der Waals surface area contributed by atoms with Gasteiger partial charge in [0.2, 0.25) is 0 Å². The summed E-state index contributed by atoms with van der Waals surface area (Å²) in [6.45, 7) is 4.67. The summed E-state index contributed by atoms with van der Waals surface area (Å²) in [4.78, 5) is 12.1. The smallest absolute Gasteiger partial charge is 0.431 e. The third kappa shape index (κ3) is 6.47. The van der Waals surface area contributed by atoms with E-state index in [1.807, 2.05) is 0 Å². The van der Waals surface area contributed by atoms with Crippen LogP contribution < -0.4 is 0 Å². The molecule has 2 aliphatic carbocycles. The van der Waals surface area contributed by atoms with Crippen LogP contribution >= 0.6 is 45.2 Å².